The van der Waals surface area contributed by atoms with E-state index in [1.54, 1.807) is 0 Å². The molecular weight excluding hydrogens is 144 g/mol. The summed E-state index contributed by atoms with van der Waals surface area (Å²) in [6, 6.07) is 0.405. The maximum atomic E-state index is 5.38. The second-order valence-corrected chi connectivity index (χ2v) is 4.40. The Kier molecular flexibility index (Phi) is 4.32. The Hall–Kier alpha value is 0.270. The highest BCUT2D eigenvalue weighted by atomic mass is 32.2. The van der Waals surface area contributed by atoms with Crippen molar-refractivity contribution in [1.82, 2.24) is 5.43 Å². The highest BCUT2D eigenvalue weighted by Gasteiger charge is 2.25. The summed E-state index contributed by atoms with van der Waals surface area (Å²) in [6.07, 6.45) is 3.18. The van der Waals surface area contributed by atoms with Crippen molar-refractivity contribution in [3.05, 3.63) is 0 Å². The van der Waals surface area contributed by atoms with Gasteiger partial charge in [-0.1, -0.05) is 6.92 Å². The summed E-state index contributed by atoms with van der Waals surface area (Å²) >= 11 is 1.84. The van der Waals surface area contributed by atoms with Gasteiger partial charge in [-0.3, -0.25) is 11.3 Å². The van der Waals surface area contributed by atoms with Gasteiger partial charge in [-0.15, -0.1) is 0 Å². The van der Waals surface area contributed by atoms with Gasteiger partial charge in [0.2, 0.25) is 0 Å². The highest BCUT2D eigenvalue weighted by Crippen LogP contribution is 2.26. The molecule has 1 atom stereocenters. The van der Waals surface area contributed by atoms with Crippen molar-refractivity contribution in [3.8, 4) is 0 Å². The highest BCUT2D eigenvalue weighted by molar-refractivity contribution is 8.00. The summed E-state index contributed by atoms with van der Waals surface area (Å²) < 4.78 is 0.240. The summed E-state index contributed by atoms with van der Waals surface area (Å²) in [6.45, 7) is 6.54. The van der Waals surface area contributed by atoms with Gasteiger partial charge < -0.3 is 0 Å². The van der Waals surface area contributed by atoms with Crippen LogP contribution in [0.5, 0.6) is 0 Å². The van der Waals surface area contributed by atoms with Gasteiger partial charge in [0, 0.05) is 10.8 Å². The Labute approximate surface area is 67.9 Å². The summed E-state index contributed by atoms with van der Waals surface area (Å²) in [5, 5.41) is 0. The van der Waals surface area contributed by atoms with Crippen LogP contribution < -0.4 is 11.3 Å². The van der Waals surface area contributed by atoms with Crippen molar-refractivity contribution in [1.29, 1.82) is 0 Å². The number of nitrogens with one attached hydrogen (secondary N) is 1. The van der Waals surface area contributed by atoms with E-state index in [1.807, 2.05) is 11.8 Å². The van der Waals surface area contributed by atoms with Gasteiger partial charge in [0.1, 0.15) is 0 Å². The molecule has 62 valence electrons. The predicted molar refractivity (Wildman–Crippen MR) is 49.0 cm³/mol. The van der Waals surface area contributed by atoms with Crippen molar-refractivity contribution in [2.75, 3.05) is 6.26 Å². The molecule has 0 aliphatic rings. The smallest absolute Gasteiger partial charge is 0.0349 e. The van der Waals surface area contributed by atoms with E-state index in [0.29, 0.717) is 6.04 Å². The fourth-order valence-corrected chi connectivity index (χ4v) is 1.47. The average molecular weight is 162 g/mol. The van der Waals surface area contributed by atoms with E-state index in [1.165, 1.54) is 0 Å². The summed E-state index contributed by atoms with van der Waals surface area (Å²) in [5.41, 5.74) is 2.82. The minimum absolute atomic E-state index is 0.240. The number of thioether (sulfide) groups is 1. The zero-order valence-electron chi connectivity index (χ0n) is 7.27. The molecule has 0 saturated carbocycles. The molecule has 2 nitrogen and oxygen atoms in total. The molecule has 0 aromatic carbocycles. The number of nitrogens with two attached hydrogens (primary N) is 1. The first-order chi connectivity index (χ1) is 4.58. The third-order valence-electron chi connectivity index (χ3n) is 1.97. The Morgan fingerprint density at radius 2 is 2.10 bits per heavy atom. The summed E-state index contributed by atoms with van der Waals surface area (Å²) in [5.74, 6) is 5.38. The van der Waals surface area contributed by atoms with Gasteiger partial charge in [0.25, 0.3) is 0 Å². The topological polar surface area (TPSA) is 38.0 Å². The molecule has 0 aromatic heterocycles. The molecule has 0 radical (unpaired) electrons. The van der Waals surface area contributed by atoms with E-state index in [2.05, 4.69) is 32.5 Å². The lowest BCUT2D eigenvalue weighted by atomic mass is 10.0. The predicted octanol–water partition coefficient (Wildman–Crippen LogP) is 1.37. The molecule has 0 aromatic rings. The molecule has 0 rings (SSSR count). The van der Waals surface area contributed by atoms with Crippen LogP contribution in [0, 0.1) is 0 Å². The van der Waals surface area contributed by atoms with Gasteiger partial charge in [-0.2, -0.15) is 11.8 Å². The molecule has 0 amide bonds. The maximum Gasteiger partial charge on any atom is 0.0349 e. The summed E-state index contributed by atoms with van der Waals surface area (Å²) in [4.78, 5) is 0. The molecule has 10 heavy (non-hydrogen) atoms. The minimum atomic E-state index is 0.240. The zero-order chi connectivity index (χ0) is 8.20. The number of hydrogen-bond acceptors (Lipinski definition) is 3. The van der Waals surface area contributed by atoms with Crippen molar-refractivity contribution in [2.24, 2.45) is 5.84 Å². The second-order valence-electron chi connectivity index (χ2n) is 2.94. The van der Waals surface area contributed by atoms with E-state index < -0.39 is 0 Å². The van der Waals surface area contributed by atoms with Gasteiger partial charge in [0.05, 0.1) is 0 Å². The Morgan fingerprint density at radius 3 is 2.20 bits per heavy atom. The van der Waals surface area contributed by atoms with Crippen molar-refractivity contribution in [3.63, 3.8) is 0 Å². The van der Waals surface area contributed by atoms with E-state index in [-0.39, 0.29) is 4.75 Å². The van der Waals surface area contributed by atoms with Crippen molar-refractivity contribution in [2.45, 2.75) is 38.0 Å². The third kappa shape index (κ3) is 2.48. The van der Waals surface area contributed by atoms with Crippen LogP contribution in [0.3, 0.4) is 0 Å². The van der Waals surface area contributed by atoms with Gasteiger partial charge >= 0.3 is 0 Å². The number of hydrogen-bond donors (Lipinski definition) is 2. The molecular formula is C7H18N2S. The Morgan fingerprint density at radius 1 is 1.60 bits per heavy atom. The largest absolute Gasteiger partial charge is 0.271 e. The van der Waals surface area contributed by atoms with Crippen LogP contribution in [-0.2, 0) is 0 Å². The first-order valence-corrected chi connectivity index (χ1v) is 4.82. The molecule has 0 heterocycles. The second kappa shape index (κ2) is 4.21. The lowest BCUT2D eigenvalue weighted by molar-refractivity contribution is 0.430. The Balaban J connectivity index is 3.97. The molecule has 0 aliphatic carbocycles. The standard InChI is InChI=1S/C7H18N2S/c1-5-6(9-8)7(2,3)10-4/h6,9H,5,8H2,1-4H3. The molecule has 3 heteroatoms. The average Bonchev–Trinajstić information content (AvgIpc) is 1.90. The van der Waals surface area contributed by atoms with Crippen LogP contribution in [0.15, 0.2) is 0 Å². The maximum absolute atomic E-state index is 5.38. The molecule has 0 fully saturated rings. The molecule has 1 unspecified atom stereocenters. The van der Waals surface area contributed by atoms with Crippen LogP contribution in [0.25, 0.3) is 0 Å². The quantitative estimate of drug-likeness (QED) is 0.484. The fourth-order valence-electron chi connectivity index (χ4n) is 0.952. The van der Waals surface area contributed by atoms with Gasteiger partial charge in [-0.25, -0.2) is 0 Å². The van der Waals surface area contributed by atoms with E-state index in [0.717, 1.165) is 6.42 Å². The minimum Gasteiger partial charge on any atom is -0.271 e. The number of hydrazine groups is 1. The Bertz CT molecular complexity index is 89.6. The normalized spacial score (nSPS) is 15.3. The van der Waals surface area contributed by atoms with Gasteiger partial charge in [0.15, 0.2) is 0 Å². The lowest BCUT2D eigenvalue weighted by Crippen LogP contribution is -2.47. The number of rotatable bonds is 4. The SMILES string of the molecule is CCC(NN)C(C)(C)SC. The van der Waals surface area contributed by atoms with E-state index in [9.17, 15) is 0 Å². The third-order valence-corrected chi connectivity index (χ3v) is 3.31. The monoisotopic (exact) mass is 162 g/mol. The lowest BCUT2D eigenvalue weighted by Gasteiger charge is -2.31. The zero-order valence-corrected chi connectivity index (χ0v) is 8.09. The van der Waals surface area contributed by atoms with Crippen molar-refractivity contribution < 1.29 is 0 Å². The van der Waals surface area contributed by atoms with Crippen LogP contribution in [0.4, 0.5) is 0 Å². The van der Waals surface area contributed by atoms with Crippen LogP contribution in [0.1, 0.15) is 27.2 Å². The molecule has 3 N–H and O–H groups in total. The van der Waals surface area contributed by atoms with Crippen LogP contribution >= 0.6 is 11.8 Å². The van der Waals surface area contributed by atoms with E-state index in [4.69, 9.17) is 5.84 Å². The van der Waals surface area contributed by atoms with Gasteiger partial charge in [-0.05, 0) is 26.5 Å². The first-order valence-electron chi connectivity index (χ1n) is 3.59. The fraction of sp³-hybridized carbons (Fsp3) is 1.00. The van der Waals surface area contributed by atoms with Crippen LogP contribution in [-0.4, -0.2) is 17.0 Å². The van der Waals surface area contributed by atoms with E-state index >= 15 is 0 Å². The molecule has 0 spiro atoms. The summed E-state index contributed by atoms with van der Waals surface area (Å²) in [7, 11) is 0. The molecule has 0 saturated heterocycles. The van der Waals surface area contributed by atoms with Crippen LogP contribution in [0.2, 0.25) is 0 Å². The molecule has 0 aliphatic heterocycles. The molecule has 0 bridgehead atoms. The first kappa shape index (κ1) is 10.3. The van der Waals surface area contributed by atoms with Crippen molar-refractivity contribution >= 4 is 11.8 Å².